The van der Waals surface area contributed by atoms with Crippen molar-refractivity contribution in [1.29, 1.82) is 0 Å². The Morgan fingerprint density at radius 1 is 1.41 bits per heavy atom. The molecule has 4 nitrogen and oxygen atoms in total. The van der Waals surface area contributed by atoms with E-state index in [9.17, 15) is 4.79 Å². The Balaban J connectivity index is 2.16. The molecule has 2 aliphatic rings. The molecular formula is C13H23N3O. The highest BCUT2D eigenvalue weighted by atomic mass is 16.2. The molecule has 0 aromatic carbocycles. The predicted molar refractivity (Wildman–Crippen MR) is 68.5 cm³/mol. The van der Waals surface area contributed by atoms with Gasteiger partial charge in [0.1, 0.15) is 0 Å². The van der Waals surface area contributed by atoms with Gasteiger partial charge in [-0.2, -0.15) is 5.10 Å². The summed E-state index contributed by atoms with van der Waals surface area (Å²) in [4.78, 5) is 10.7. The highest BCUT2D eigenvalue weighted by Gasteiger charge is 2.60. The Morgan fingerprint density at radius 2 is 2.06 bits per heavy atom. The molecule has 2 fully saturated rings. The van der Waals surface area contributed by atoms with Crippen LogP contribution in [0.3, 0.4) is 0 Å². The Bertz CT molecular complexity index is 372. The van der Waals surface area contributed by atoms with Gasteiger partial charge in [0, 0.05) is 11.6 Å². The van der Waals surface area contributed by atoms with Gasteiger partial charge in [-0.25, -0.2) is 10.2 Å². The number of urea groups is 1. The van der Waals surface area contributed by atoms with E-state index in [1.165, 1.54) is 19.3 Å². The van der Waals surface area contributed by atoms with Gasteiger partial charge in [-0.05, 0) is 42.9 Å². The maximum Gasteiger partial charge on any atom is 0.332 e. The van der Waals surface area contributed by atoms with Gasteiger partial charge in [-0.15, -0.1) is 0 Å². The number of hydrogen-bond donors (Lipinski definition) is 2. The van der Waals surface area contributed by atoms with E-state index in [1.807, 2.05) is 6.92 Å². The van der Waals surface area contributed by atoms with Crippen molar-refractivity contribution < 1.29 is 4.79 Å². The normalized spacial score (nSPS) is 39.4. The lowest BCUT2D eigenvalue weighted by Gasteiger charge is -2.34. The van der Waals surface area contributed by atoms with Gasteiger partial charge < -0.3 is 5.73 Å². The number of nitrogens with one attached hydrogen (secondary N) is 1. The van der Waals surface area contributed by atoms with Gasteiger partial charge in [0.2, 0.25) is 0 Å². The first-order valence-electron chi connectivity index (χ1n) is 6.37. The third-order valence-electron chi connectivity index (χ3n) is 5.52. The first kappa shape index (κ1) is 12.4. The van der Waals surface area contributed by atoms with E-state index in [4.69, 9.17) is 5.73 Å². The van der Waals surface area contributed by atoms with Crippen molar-refractivity contribution in [2.75, 3.05) is 0 Å². The second-order valence-corrected chi connectivity index (χ2v) is 6.47. The molecule has 17 heavy (non-hydrogen) atoms. The zero-order chi connectivity index (χ0) is 12.8. The lowest BCUT2D eigenvalue weighted by atomic mass is 9.71. The topological polar surface area (TPSA) is 67.5 Å². The maximum atomic E-state index is 10.7. The summed E-state index contributed by atoms with van der Waals surface area (Å²) < 4.78 is 0. The second-order valence-electron chi connectivity index (χ2n) is 6.47. The number of carbonyl (C=O) groups is 1. The first-order valence-corrected chi connectivity index (χ1v) is 6.37. The largest absolute Gasteiger partial charge is 0.350 e. The lowest BCUT2D eigenvalue weighted by Crippen LogP contribution is -2.29. The van der Waals surface area contributed by atoms with Crippen molar-refractivity contribution in [3.63, 3.8) is 0 Å². The molecule has 0 spiro atoms. The van der Waals surface area contributed by atoms with Gasteiger partial charge in [-0.3, -0.25) is 0 Å². The van der Waals surface area contributed by atoms with E-state index in [0.717, 1.165) is 5.71 Å². The van der Waals surface area contributed by atoms with Gasteiger partial charge in [0.25, 0.3) is 0 Å². The van der Waals surface area contributed by atoms with Crippen molar-refractivity contribution >= 4 is 11.7 Å². The number of primary amides is 1. The van der Waals surface area contributed by atoms with E-state index >= 15 is 0 Å². The SMILES string of the molecule is CC(=NNC(N)=O)C1CC2(C)CCC1C2(C)C. The summed E-state index contributed by atoms with van der Waals surface area (Å²) in [6, 6.07) is -0.585. The zero-order valence-electron chi connectivity index (χ0n) is 11.2. The molecule has 4 heteroatoms. The maximum absolute atomic E-state index is 10.7. The van der Waals surface area contributed by atoms with Crippen LogP contribution in [-0.2, 0) is 0 Å². The minimum Gasteiger partial charge on any atom is -0.350 e. The molecule has 2 saturated carbocycles. The summed E-state index contributed by atoms with van der Waals surface area (Å²) in [5.41, 5.74) is 9.20. The highest BCUT2D eigenvalue weighted by Crippen LogP contribution is 2.67. The molecule has 0 aromatic heterocycles. The fourth-order valence-corrected chi connectivity index (χ4v) is 3.97. The van der Waals surface area contributed by atoms with Crippen molar-refractivity contribution in [2.45, 2.75) is 47.0 Å². The number of nitrogens with zero attached hydrogens (tertiary/aromatic N) is 1. The molecule has 0 aromatic rings. The van der Waals surface area contributed by atoms with Crippen LogP contribution in [0.1, 0.15) is 47.0 Å². The van der Waals surface area contributed by atoms with Crippen molar-refractivity contribution in [2.24, 2.45) is 33.5 Å². The number of fused-ring (bicyclic) bond motifs is 2. The van der Waals surface area contributed by atoms with Crippen LogP contribution in [0.4, 0.5) is 4.79 Å². The van der Waals surface area contributed by atoms with Crippen LogP contribution in [0.5, 0.6) is 0 Å². The fraction of sp³-hybridized carbons (Fsp3) is 0.846. The Labute approximate surface area is 103 Å². The zero-order valence-corrected chi connectivity index (χ0v) is 11.2. The molecule has 0 heterocycles. The molecule has 96 valence electrons. The van der Waals surface area contributed by atoms with Crippen molar-refractivity contribution in [1.82, 2.24) is 5.43 Å². The average molecular weight is 237 g/mol. The number of rotatable bonds is 2. The van der Waals surface area contributed by atoms with Gasteiger partial charge in [-0.1, -0.05) is 20.8 Å². The molecule has 2 bridgehead atoms. The van der Waals surface area contributed by atoms with Crippen LogP contribution >= 0.6 is 0 Å². The smallest absolute Gasteiger partial charge is 0.332 e. The van der Waals surface area contributed by atoms with E-state index in [1.54, 1.807) is 0 Å². The number of hydrazone groups is 1. The van der Waals surface area contributed by atoms with Crippen LogP contribution in [0.2, 0.25) is 0 Å². The van der Waals surface area contributed by atoms with Gasteiger partial charge in [0.15, 0.2) is 0 Å². The minimum absolute atomic E-state index is 0.376. The molecule has 3 atom stereocenters. The van der Waals surface area contributed by atoms with E-state index in [-0.39, 0.29) is 0 Å². The Hall–Kier alpha value is -1.06. The molecule has 0 aliphatic heterocycles. The van der Waals surface area contributed by atoms with Gasteiger partial charge >= 0.3 is 6.03 Å². The van der Waals surface area contributed by atoms with E-state index < -0.39 is 6.03 Å². The molecule has 2 aliphatic carbocycles. The Morgan fingerprint density at radius 3 is 2.47 bits per heavy atom. The Kier molecular flexibility index (Phi) is 2.71. The molecule has 0 radical (unpaired) electrons. The average Bonchev–Trinajstić information content (AvgIpc) is 2.57. The lowest BCUT2D eigenvalue weighted by molar-refractivity contribution is 0.152. The monoisotopic (exact) mass is 237 g/mol. The summed E-state index contributed by atoms with van der Waals surface area (Å²) in [6.45, 7) is 9.14. The third kappa shape index (κ3) is 1.74. The molecule has 2 rings (SSSR count). The molecular weight excluding hydrogens is 214 g/mol. The van der Waals surface area contributed by atoms with Crippen LogP contribution in [0.25, 0.3) is 0 Å². The minimum atomic E-state index is -0.585. The van der Waals surface area contributed by atoms with Crippen LogP contribution in [0.15, 0.2) is 5.10 Å². The number of nitrogens with two attached hydrogens (primary N) is 1. The highest BCUT2D eigenvalue weighted by molar-refractivity contribution is 5.86. The predicted octanol–water partition coefficient (Wildman–Crippen LogP) is 2.49. The quantitative estimate of drug-likeness (QED) is 0.562. The van der Waals surface area contributed by atoms with Crippen LogP contribution in [-0.4, -0.2) is 11.7 Å². The number of hydrogen-bond acceptors (Lipinski definition) is 2. The number of amides is 2. The number of carbonyl (C=O) groups excluding carboxylic acids is 1. The standard InChI is InChI=1S/C13H23N3O/c1-8(15-16-11(14)17)9-7-13(4)6-5-10(9)12(13,2)3/h9-10H,5-7H2,1-4H3,(H3,14,16,17). The summed E-state index contributed by atoms with van der Waals surface area (Å²) in [6.07, 6.45) is 3.77. The van der Waals surface area contributed by atoms with E-state index in [2.05, 4.69) is 31.3 Å². The van der Waals surface area contributed by atoms with Crippen LogP contribution in [0, 0.1) is 22.7 Å². The molecule has 2 amide bonds. The van der Waals surface area contributed by atoms with E-state index in [0.29, 0.717) is 22.7 Å². The van der Waals surface area contributed by atoms with Crippen molar-refractivity contribution in [3.8, 4) is 0 Å². The van der Waals surface area contributed by atoms with Crippen LogP contribution < -0.4 is 11.2 Å². The second kappa shape index (κ2) is 3.72. The molecule has 0 saturated heterocycles. The summed E-state index contributed by atoms with van der Waals surface area (Å²) in [7, 11) is 0. The molecule has 3 unspecified atom stereocenters. The fourth-order valence-electron chi connectivity index (χ4n) is 3.97. The van der Waals surface area contributed by atoms with Gasteiger partial charge in [0.05, 0.1) is 0 Å². The first-order chi connectivity index (χ1) is 7.78. The molecule has 3 N–H and O–H groups in total. The summed E-state index contributed by atoms with van der Waals surface area (Å²) in [5, 5.41) is 4.11. The summed E-state index contributed by atoms with van der Waals surface area (Å²) in [5.74, 6) is 1.18. The van der Waals surface area contributed by atoms with Crippen molar-refractivity contribution in [3.05, 3.63) is 0 Å². The third-order valence-corrected chi connectivity index (χ3v) is 5.52. The summed E-state index contributed by atoms with van der Waals surface area (Å²) >= 11 is 0.